The van der Waals surface area contributed by atoms with E-state index in [1.54, 1.807) is 10.9 Å². The van der Waals surface area contributed by atoms with Crippen molar-refractivity contribution >= 4 is 16.7 Å². The van der Waals surface area contributed by atoms with E-state index in [1.165, 1.54) is 44.5 Å². The Balaban J connectivity index is 0.000000203. The van der Waals surface area contributed by atoms with E-state index in [1.807, 2.05) is 19.2 Å². The van der Waals surface area contributed by atoms with Crippen molar-refractivity contribution in [3.63, 3.8) is 0 Å². The van der Waals surface area contributed by atoms with E-state index in [4.69, 9.17) is 5.73 Å². The first kappa shape index (κ1) is 18.7. The number of aryl methyl sites for hydroxylation is 2. The molecule has 28 heavy (non-hydrogen) atoms. The Morgan fingerprint density at radius 3 is 2.54 bits per heavy atom. The van der Waals surface area contributed by atoms with Crippen LogP contribution in [0.25, 0.3) is 22.2 Å². The van der Waals surface area contributed by atoms with Gasteiger partial charge in [-0.1, -0.05) is 19.4 Å². The summed E-state index contributed by atoms with van der Waals surface area (Å²) >= 11 is 0. The minimum Gasteiger partial charge on any atom is -0.507 e. The number of nitrogens with zero attached hydrogens (tertiary/aromatic N) is 5. The average Bonchev–Trinajstić information content (AvgIpc) is 3.08. The summed E-state index contributed by atoms with van der Waals surface area (Å²) in [6.45, 7) is 6.18. The number of phenols is 1. The molecule has 3 N–H and O–H groups in total. The lowest BCUT2D eigenvalue weighted by Crippen LogP contribution is -2.29. The van der Waals surface area contributed by atoms with Gasteiger partial charge in [-0.2, -0.15) is 5.10 Å². The molecule has 148 valence electrons. The lowest BCUT2D eigenvalue weighted by atomic mass is 9.85. The molecule has 1 saturated heterocycles. The van der Waals surface area contributed by atoms with Gasteiger partial charge in [0.1, 0.15) is 11.4 Å². The smallest absolute Gasteiger partial charge is 0.157 e. The second-order valence-electron chi connectivity index (χ2n) is 7.56. The number of benzene rings is 1. The summed E-state index contributed by atoms with van der Waals surface area (Å²) < 4.78 is 1.70. The topological polar surface area (TPSA) is 93.1 Å². The van der Waals surface area contributed by atoms with E-state index in [2.05, 4.69) is 27.1 Å². The van der Waals surface area contributed by atoms with Crippen LogP contribution in [0.15, 0.2) is 18.3 Å². The third kappa shape index (κ3) is 3.30. The van der Waals surface area contributed by atoms with Crippen LogP contribution in [-0.2, 0) is 19.9 Å². The second-order valence-corrected chi connectivity index (χ2v) is 7.56. The van der Waals surface area contributed by atoms with Crippen molar-refractivity contribution in [1.82, 2.24) is 24.9 Å². The van der Waals surface area contributed by atoms with Gasteiger partial charge in [-0.3, -0.25) is 4.68 Å². The first-order valence-electron chi connectivity index (χ1n) is 10.1. The molecule has 0 atom stereocenters. The molecule has 3 aromatic rings. The van der Waals surface area contributed by atoms with Crippen molar-refractivity contribution in [3.05, 3.63) is 29.5 Å². The number of aromatic hydroxyl groups is 1. The van der Waals surface area contributed by atoms with Gasteiger partial charge in [0.25, 0.3) is 0 Å². The minimum absolute atomic E-state index is 0.301. The Hall–Kier alpha value is -2.67. The highest BCUT2D eigenvalue weighted by molar-refractivity contribution is 5.98. The van der Waals surface area contributed by atoms with Crippen LogP contribution in [0, 0.1) is 0 Å². The fraction of sp³-hybridized carbons (Fsp3) is 0.476. The van der Waals surface area contributed by atoms with E-state index in [0.717, 1.165) is 29.3 Å². The fourth-order valence-corrected chi connectivity index (χ4v) is 4.03. The van der Waals surface area contributed by atoms with Gasteiger partial charge in [-0.25, -0.2) is 0 Å². The number of hydrogen-bond acceptors (Lipinski definition) is 6. The van der Waals surface area contributed by atoms with Gasteiger partial charge in [0.05, 0.1) is 17.1 Å². The number of aromatic nitrogens is 4. The molecule has 1 aliphatic carbocycles. The lowest BCUT2D eigenvalue weighted by Gasteiger charge is -2.24. The van der Waals surface area contributed by atoms with Gasteiger partial charge in [0, 0.05) is 12.6 Å². The number of piperidine rings is 1. The fourth-order valence-electron chi connectivity index (χ4n) is 4.03. The van der Waals surface area contributed by atoms with Gasteiger partial charge in [-0.05, 0) is 62.5 Å². The predicted octanol–water partition coefficient (Wildman–Crippen LogP) is 2.91. The van der Waals surface area contributed by atoms with Crippen LogP contribution in [0.5, 0.6) is 5.75 Å². The molecule has 5 rings (SSSR count). The molecule has 0 amide bonds. The second kappa shape index (κ2) is 7.75. The quantitative estimate of drug-likeness (QED) is 0.710. The van der Waals surface area contributed by atoms with Gasteiger partial charge in [0.2, 0.25) is 0 Å². The van der Waals surface area contributed by atoms with Crippen LogP contribution >= 0.6 is 0 Å². The molecule has 1 aromatic carbocycles. The molecule has 0 radical (unpaired) electrons. The molecule has 0 unspecified atom stereocenters. The van der Waals surface area contributed by atoms with Crippen molar-refractivity contribution in [1.29, 1.82) is 0 Å². The largest absolute Gasteiger partial charge is 0.507 e. The number of likely N-dealkylation sites (tertiary alicyclic amines) is 1. The molecule has 7 heteroatoms. The Kier molecular flexibility index (Phi) is 5.17. The zero-order valence-electron chi connectivity index (χ0n) is 16.6. The average molecular weight is 380 g/mol. The molecule has 7 nitrogen and oxygen atoms in total. The molecular weight excluding hydrogens is 352 g/mol. The molecular formula is C21H28N6O. The van der Waals surface area contributed by atoms with Crippen molar-refractivity contribution in [2.45, 2.75) is 39.0 Å². The molecule has 0 saturated carbocycles. The third-order valence-electron chi connectivity index (χ3n) is 5.87. The van der Waals surface area contributed by atoms with Crippen molar-refractivity contribution < 1.29 is 5.11 Å². The SMILES string of the molecule is CCN1CCCCC1.Cn1ncc2c(N)nnc(-c3ccc4c(c3O)CC4)c21. The third-order valence-corrected chi connectivity index (χ3v) is 5.87. The van der Waals surface area contributed by atoms with E-state index in [9.17, 15) is 5.11 Å². The molecule has 0 bridgehead atoms. The van der Waals surface area contributed by atoms with Gasteiger partial charge in [0.15, 0.2) is 5.82 Å². The number of anilines is 1. The Bertz CT molecular complexity index is 990. The normalized spacial score (nSPS) is 16.2. The summed E-state index contributed by atoms with van der Waals surface area (Å²) in [5.41, 5.74) is 10.1. The number of nitrogens with two attached hydrogens (primary N) is 1. The number of hydrogen-bond donors (Lipinski definition) is 2. The highest BCUT2D eigenvalue weighted by Crippen LogP contribution is 2.40. The summed E-state index contributed by atoms with van der Waals surface area (Å²) in [6, 6.07) is 3.92. The summed E-state index contributed by atoms with van der Waals surface area (Å²) in [6.07, 6.45) is 7.91. The molecule has 2 aromatic heterocycles. The first-order valence-corrected chi connectivity index (χ1v) is 10.1. The van der Waals surface area contributed by atoms with Crippen LogP contribution < -0.4 is 5.73 Å². The maximum atomic E-state index is 10.4. The number of phenolic OH excluding ortho intramolecular Hbond substituents is 1. The van der Waals surface area contributed by atoms with Gasteiger partial charge < -0.3 is 15.7 Å². The van der Waals surface area contributed by atoms with Crippen LogP contribution in [0.3, 0.4) is 0 Å². The molecule has 2 aliphatic rings. The van der Waals surface area contributed by atoms with E-state index < -0.39 is 0 Å². The molecule has 1 aliphatic heterocycles. The van der Waals surface area contributed by atoms with Gasteiger partial charge in [-0.15, -0.1) is 10.2 Å². The number of rotatable bonds is 2. The zero-order chi connectivity index (χ0) is 19.7. The highest BCUT2D eigenvalue weighted by atomic mass is 16.3. The molecule has 0 spiro atoms. The summed E-state index contributed by atoms with van der Waals surface area (Å²) in [5.74, 6) is 0.649. The predicted molar refractivity (Wildman–Crippen MR) is 111 cm³/mol. The lowest BCUT2D eigenvalue weighted by molar-refractivity contribution is 0.240. The molecule has 3 heterocycles. The van der Waals surface area contributed by atoms with Gasteiger partial charge >= 0.3 is 0 Å². The van der Waals surface area contributed by atoms with E-state index >= 15 is 0 Å². The van der Waals surface area contributed by atoms with Crippen LogP contribution in [0.1, 0.15) is 37.3 Å². The van der Waals surface area contributed by atoms with Crippen molar-refractivity contribution in [3.8, 4) is 17.0 Å². The number of fused-ring (bicyclic) bond motifs is 2. The van der Waals surface area contributed by atoms with Crippen LogP contribution in [0.2, 0.25) is 0 Å². The highest BCUT2D eigenvalue weighted by Gasteiger charge is 2.23. The van der Waals surface area contributed by atoms with Crippen LogP contribution in [0.4, 0.5) is 5.82 Å². The molecule has 1 fully saturated rings. The summed E-state index contributed by atoms with van der Waals surface area (Å²) in [7, 11) is 1.82. The Labute approximate surface area is 165 Å². The maximum absolute atomic E-state index is 10.4. The monoisotopic (exact) mass is 380 g/mol. The first-order chi connectivity index (χ1) is 13.6. The van der Waals surface area contributed by atoms with Crippen molar-refractivity contribution in [2.75, 3.05) is 25.4 Å². The van der Waals surface area contributed by atoms with E-state index in [-0.39, 0.29) is 0 Å². The zero-order valence-corrected chi connectivity index (χ0v) is 16.6. The minimum atomic E-state index is 0.301. The van der Waals surface area contributed by atoms with E-state index in [0.29, 0.717) is 22.8 Å². The number of nitrogen functional groups attached to an aromatic ring is 1. The maximum Gasteiger partial charge on any atom is 0.157 e. The Morgan fingerprint density at radius 2 is 1.89 bits per heavy atom. The van der Waals surface area contributed by atoms with Crippen molar-refractivity contribution in [2.24, 2.45) is 7.05 Å². The Morgan fingerprint density at radius 1 is 1.11 bits per heavy atom. The van der Waals surface area contributed by atoms with Crippen LogP contribution in [-0.4, -0.2) is 49.6 Å². The summed E-state index contributed by atoms with van der Waals surface area (Å²) in [5, 5.41) is 23.5. The standard InChI is InChI=1S/C14H13N5O.C7H15N/c1-19-12-10(6-16-19)14(15)18-17-11(12)9-5-3-7-2-4-8(7)13(9)20;1-2-8-6-4-3-5-7-8/h3,5-6,20H,2,4H2,1H3,(H2,15,18);2-7H2,1H3. The summed E-state index contributed by atoms with van der Waals surface area (Å²) in [4.78, 5) is 2.52.